The third-order valence-corrected chi connectivity index (χ3v) is 7.13. The highest BCUT2D eigenvalue weighted by molar-refractivity contribution is 5.95. The molecule has 4 heterocycles. The van der Waals surface area contributed by atoms with Crippen molar-refractivity contribution in [2.24, 2.45) is 4.99 Å². The zero-order valence-corrected chi connectivity index (χ0v) is 20.0. The maximum atomic E-state index is 13.7. The smallest absolute Gasteiger partial charge is 0.416 e. The number of aliphatic imine (C=N–C) groups is 1. The number of benzene rings is 1. The fourth-order valence-corrected chi connectivity index (χ4v) is 5.38. The van der Waals surface area contributed by atoms with E-state index in [4.69, 9.17) is 9.47 Å². The van der Waals surface area contributed by atoms with Gasteiger partial charge in [-0.3, -0.25) is 14.7 Å². The maximum Gasteiger partial charge on any atom is 0.416 e. The molecule has 0 unspecified atom stereocenters. The molecule has 194 valence electrons. The van der Waals surface area contributed by atoms with Crippen molar-refractivity contribution in [1.82, 2.24) is 10.3 Å². The normalized spacial score (nSPS) is 25.0. The lowest BCUT2D eigenvalue weighted by molar-refractivity contribution is -0.118. The first-order valence-electron chi connectivity index (χ1n) is 12.4. The summed E-state index contributed by atoms with van der Waals surface area (Å²) in [6.07, 6.45) is 2.38. The first-order valence-corrected chi connectivity index (χ1v) is 12.4. The molecule has 11 nitrogen and oxygen atoms in total. The van der Waals surface area contributed by atoms with Crippen LogP contribution in [0.3, 0.4) is 0 Å². The van der Waals surface area contributed by atoms with Crippen LogP contribution in [0.15, 0.2) is 35.3 Å². The summed E-state index contributed by atoms with van der Waals surface area (Å²) in [5.41, 5.74) is 1.35. The highest BCUT2D eigenvalue weighted by atomic mass is 19.1. The summed E-state index contributed by atoms with van der Waals surface area (Å²) >= 11 is 0. The first kappa shape index (κ1) is 23.6. The molecular weight excluding hydrogens is 483 g/mol. The number of anilines is 3. The van der Waals surface area contributed by atoms with Crippen molar-refractivity contribution >= 4 is 41.2 Å². The Morgan fingerprint density at radius 3 is 3.03 bits per heavy atom. The Labute approximate surface area is 212 Å². The highest BCUT2D eigenvalue weighted by Gasteiger charge is 2.46. The third kappa shape index (κ3) is 4.69. The second-order valence-corrected chi connectivity index (χ2v) is 9.63. The number of aliphatic hydroxyl groups is 1. The number of β-amino-alcohol motifs (C(OH)–C–C–N with tert-alkyl or cyclic N) is 1. The molecule has 0 bridgehead atoms. The summed E-state index contributed by atoms with van der Waals surface area (Å²) in [4.78, 5) is 36.6. The lowest BCUT2D eigenvalue weighted by Gasteiger charge is -2.34. The number of nitrogens with zero attached hydrogens (tertiary/aromatic N) is 4. The molecule has 1 saturated carbocycles. The van der Waals surface area contributed by atoms with Crippen molar-refractivity contribution in [1.29, 1.82) is 0 Å². The number of fused-ring (bicyclic) bond motifs is 3. The van der Waals surface area contributed by atoms with Crippen molar-refractivity contribution in [2.45, 2.75) is 43.6 Å². The summed E-state index contributed by atoms with van der Waals surface area (Å²) in [5, 5.41) is 16.7. The maximum absolute atomic E-state index is 13.7. The highest BCUT2D eigenvalue weighted by Crippen LogP contribution is 2.37. The Morgan fingerprint density at radius 2 is 2.14 bits per heavy atom. The number of aliphatic hydroxyl groups excluding tert-OH is 1. The minimum absolute atomic E-state index is 0.0638. The molecule has 0 radical (unpaired) electrons. The number of hydrogen-bond donors (Lipinski definition) is 3. The molecular formula is C25H27FN6O5. The Kier molecular flexibility index (Phi) is 6.13. The van der Waals surface area contributed by atoms with Crippen molar-refractivity contribution in [3.05, 3.63) is 36.1 Å². The third-order valence-electron chi connectivity index (χ3n) is 7.13. The lowest BCUT2D eigenvalue weighted by Crippen LogP contribution is -2.48. The molecule has 2 fully saturated rings. The number of halogens is 1. The van der Waals surface area contributed by atoms with E-state index in [0.29, 0.717) is 61.2 Å². The lowest BCUT2D eigenvalue weighted by atomic mass is 9.88. The summed E-state index contributed by atoms with van der Waals surface area (Å²) in [6.45, 7) is 1.12. The van der Waals surface area contributed by atoms with E-state index in [-0.39, 0.29) is 36.5 Å². The molecule has 0 spiro atoms. The van der Waals surface area contributed by atoms with Crippen LogP contribution in [0.25, 0.3) is 0 Å². The van der Waals surface area contributed by atoms with Gasteiger partial charge < -0.3 is 30.1 Å². The number of amides is 2. The molecule has 1 saturated heterocycles. The number of carbonyl (C=O) groups is 2. The van der Waals surface area contributed by atoms with Crippen LogP contribution < -0.4 is 25.2 Å². The number of carbonyl (C=O) groups excluding carboxylic acids is 2. The number of hydrogen-bond acceptors (Lipinski definition) is 9. The van der Waals surface area contributed by atoms with Crippen LogP contribution in [-0.2, 0) is 9.53 Å². The molecule has 1 aromatic heterocycles. The molecule has 1 aliphatic carbocycles. The monoisotopic (exact) mass is 510 g/mol. The zero-order chi connectivity index (χ0) is 25.5. The van der Waals surface area contributed by atoms with Crippen LogP contribution in [0, 0.1) is 5.82 Å². The van der Waals surface area contributed by atoms with Crippen LogP contribution in [0.1, 0.15) is 19.3 Å². The first-order chi connectivity index (χ1) is 17.9. The molecule has 4 atom stereocenters. The van der Waals surface area contributed by atoms with Gasteiger partial charge in [0.25, 0.3) is 5.91 Å². The number of rotatable bonds is 6. The van der Waals surface area contributed by atoms with Crippen LogP contribution in [0.4, 0.5) is 32.2 Å². The van der Waals surface area contributed by atoms with Crippen molar-refractivity contribution in [3.63, 3.8) is 0 Å². The van der Waals surface area contributed by atoms with E-state index >= 15 is 0 Å². The Balaban J connectivity index is 1.04. The van der Waals surface area contributed by atoms with E-state index in [1.165, 1.54) is 12.1 Å². The quantitative estimate of drug-likeness (QED) is 0.538. The number of aromatic nitrogens is 1. The molecule has 2 aromatic rings. The molecule has 1 aromatic carbocycles. The Hall–Kier alpha value is -3.77. The van der Waals surface area contributed by atoms with Gasteiger partial charge in [0.1, 0.15) is 17.7 Å². The molecule has 2 amide bonds. The second-order valence-electron chi connectivity index (χ2n) is 9.63. The van der Waals surface area contributed by atoms with E-state index in [2.05, 4.69) is 20.6 Å². The molecule has 12 heteroatoms. The van der Waals surface area contributed by atoms with E-state index in [1.54, 1.807) is 29.3 Å². The van der Waals surface area contributed by atoms with Gasteiger partial charge in [-0.1, -0.05) is 0 Å². The van der Waals surface area contributed by atoms with Crippen molar-refractivity contribution < 1.29 is 28.6 Å². The average molecular weight is 511 g/mol. The summed E-state index contributed by atoms with van der Waals surface area (Å²) in [6, 6.07) is 7.72. The largest absolute Gasteiger partial charge is 0.480 e. The minimum atomic E-state index is -0.680. The van der Waals surface area contributed by atoms with Gasteiger partial charge in [-0.05, 0) is 43.2 Å². The van der Waals surface area contributed by atoms with Gasteiger partial charge in [-0.2, -0.15) is 0 Å². The van der Waals surface area contributed by atoms with E-state index in [1.807, 2.05) is 4.90 Å². The van der Waals surface area contributed by atoms with Crippen molar-refractivity contribution in [2.75, 3.05) is 41.4 Å². The number of pyridine rings is 1. The van der Waals surface area contributed by atoms with Gasteiger partial charge in [0.15, 0.2) is 18.2 Å². The zero-order valence-electron chi connectivity index (χ0n) is 20.0. The summed E-state index contributed by atoms with van der Waals surface area (Å²) < 4.78 is 24.8. The van der Waals surface area contributed by atoms with E-state index in [0.717, 1.165) is 6.42 Å². The topological polar surface area (TPSA) is 129 Å². The fourth-order valence-electron chi connectivity index (χ4n) is 5.38. The van der Waals surface area contributed by atoms with Gasteiger partial charge in [-0.25, -0.2) is 14.2 Å². The Morgan fingerprint density at radius 1 is 1.24 bits per heavy atom. The molecule has 6 rings (SSSR count). The van der Waals surface area contributed by atoms with Crippen LogP contribution in [0.5, 0.6) is 5.75 Å². The summed E-state index contributed by atoms with van der Waals surface area (Å²) in [7, 11) is 0. The fraction of sp³-hybridized carbons (Fsp3) is 0.440. The average Bonchev–Trinajstić information content (AvgIpc) is 3.22. The van der Waals surface area contributed by atoms with Gasteiger partial charge in [0.05, 0.1) is 30.1 Å². The van der Waals surface area contributed by atoms with Gasteiger partial charge in [0.2, 0.25) is 0 Å². The second kappa shape index (κ2) is 9.60. The predicted molar refractivity (Wildman–Crippen MR) is 133 cm³/mol. The number of nitrogens with one attached hydrogen (secondary N) is 2. The van der Waals surface area contributed by atoms with Gasteiger partial charge >= 0.3 is 6.09 Å². The van der Waals surface area contributed by atoms with Crippen molar-refractivity contribution in [3.8, 4) is 5.75 Å². The molecule has 37 heavy (non-hydrogen) atoms. The molecule has 3 aliphatic heterocycles. The van der Waals surface area contributed by atoms with Crippen LogP contribution in [0.2, 0.25) is 0 Å². The SMILES string of the molecule is O=C1COc2ccc(N3C(=O)O[C@@H]4C[C@H](NC[C@H](O)CN5CC=Nc6ccc(F)cc65)CC[C@H]43)nc2N1. The van der Waals surface area contributed by atoms with Gasteiger partial charge in [0, 0.05) is 31.8 Å². The summed E-state index contributed by atoms with van der Waals surface area (Å²) in [5.74, 6) is 0.529. The predicted octanol–water partition coefficient (Wildman–Crippen LogP) is 1.97. The van der Waals surface area contributed by atoms with Crippen LogP contribution >= 0.6 is 0 Å². The minimum Gasteiger partial charge on any atom is -0.480 e. The van der Waals surface area contributed by atoms with E-state index < -0.39 is 12.2 Å². The van der Waals surface area contributed by atoms with E-state index in [9.17, 15) is 19.1 Å². The van der Waals surface area contributed by atoms with Crippen LogP contribution in [-0.4, -0.2) is 78.8 Å². The molecule has 3 N–H and O–H groups in total. The van der Waals surface area contributed by atoms with Gasteiger partial charge in [-0.15, -0.1) is 0 Å². The standard InChI is InChI=1S/C25H27FN6O5/c26-14-1-3-17-19(9-14)31(8-7-27-17)12-16(33)11-28-15-2-4-18-21(10-15)37-25(35)32(18)22-6-5-20-24(29-22)30-23(34)13-36-20/h1,3,5-7,9,15-16,18,21,28,33H,2,4,8,10-13H2,(H,29,30,34)/t15-,16+,18-,21-/m1/s1. The number of ether oxygens (including phenoxy) is 2. The Bertz CT molecular complexity index is 1260. The molecule has 4 aliphatic rings.